The molecule has 1 heteroatoms. The van der Waals surface area contributed by atoms with Crippen molar-refractivity contribution in [1.29, 1.82) is 0 Å². The average molecular weight is 167 g/mol. The molecule has 0 amide bonds. The number of likely N-dealkylation sites (N-methyl/N-ethyl adjacent to an activating group) is 1. The summed E-state index contributed by atoms with van der Waals surface area (Å²) in [7, 11) is 2.23. The molecule has 0 radical (unpaired) electrons. The summed E-state index contributed by atoms with van der Waals surface area (Å²) in [5.41, 5.74) is 3.22. The van der Waals surface area contributed by atoms with Crippen LogP contribution in [0.4, 0.5) is 0 Å². The van der Waals surface area contributed by atoms with Crippen molar-refractivity contribution in [2.24, 2.45) is 0 Å². The van der Waals surface area contributed by atoms with Crippen molar-refractivity contribution in [3.63, 3.8) is 0 Å². The zero-order valence-corrected chi connectivity index (χ0v) is 8.85. The van der Waals surface area contributed by atoms with E-state index in [1.807, 2.05) is 0 Å². The van der Waals surface area contributed by atoms with E-state index in [0.29, 0.717) is 0 Å². The van der Waals surface area contributed by atoms with Crippen LogP contribution in [0.25, 0.3) is 0 Å². The third-order valence-corrected chi connectivity index (χ3v) is 2.83. The number of allylic oxidation sites excluding steroid dienone is 1. The maximum Gasteiger partial charge on any atom is 0.0323 e. The summed E-state index contributed by atoms with van der Waals surface area (Å²) >= 11 is 0. The van der Waals surface area contributed by atoms with Crippen LogP contribution in [-0.4, -0.2) is 24.5 Å². The minimum absolute atomic E-state index is 0.773. The highest BCUT2D eigenvalue weighted by molar-refractivity contribution is 5.25. The van der Waals surface area contributed by atoms with Gasteiger partial charge in [-0.3, -0.25) is 4.90 Å². The van der Waals surface area contributed by atoms with Crippen molar-refractivity contribution in [3.8, 4) is 0 Å². The molecule has 0 aromatic heterocycles. The van der Waals surface area contributed by atoms with Crippen LogP contribution in [0.5, 0.6) is 0 Å². The molecule has 70 valence electrons. The zero-order valence-electron chi connectivity index (χ0n) is 8.85. The van der Waals surface area contributed by atoms with Gasteiger partial charge < -0.3 is 0 Å². The summed E-state index contributed by atoms with van der Waals surface area (Å²) in [6.45, 7) is 7.94. The molecule has 1 atom stereocenters. The maximum atomic E-state index is 2.46. The van der Waals surface area contributed by atoms with E-state index in [4.69, 9.17) is 0 Å². The van der Waals surface area contributed by atoms with Gasteiger partial charge in [0.1, 0.15) is 0 Å². The molecular weight excluding hydrogens is 146 g/mol. The lowest BCUT2D eigenvalue weighted by Gasteiger charge is -2.42. The summed E-state index contributed by atoms with van der Waals surface area (Å²) in [5, 5.41) is 0. The van der Waals surface area contributed by atoms with Crippen molar-refractivity contribution in [2.45, 2.75) is 46.1 Å². The highest BCUT2D eigenvalue weighted by Crippen LogP contribution is 2.28. The predicted octanol–water partition coefficient (Wildman–Crippen LogP) is 2.83. The Morgan fingerprint density at radius 3 is 2.58 bits per heavy atom. The van der Waals surface area contributed by atoms with E-state index in [1.165, 1.54) is 31.4 Å². The van der Waals surface area contributed by atoms with E-state index in [1.54, 1.807) is 5.57 Å². The first kappa shape index (κ1) is 9.79. The van der Waals surface area contributed by atoms with Gasteiger partial charge in [-0.05, 0) is 32.9 Å². The second kappa shape index (κ2) is 4.08. The van der Waals surface area contributed by atoms with Crippen molar-refractivity contribution < 1.29 is 0 Å². The Labute approximate surface area is 76.5 Å². The molecule has 1 saturated heterocycles. The fourth-order valence-electron chi connectivity index (χ4n) is 1.92. The molecule has 0 saturated carbocycles. The second-order valence-electron chi connectivity index (χ2n) is 4.10. The lowest BCUT2D eigenvalue weighted by atomic mass is 9.89. The largest absolute Gasteiger partial charge is 0.296 e. The second-order valence-corrected chi connectivity index (χ2v) is 4.10. The molecule has 1 heterocycles. The summed E-state index contributed by atoms with van der Waals surface area (Å²) in [4.78, 5) is 2.46. The van der Waals surface area contributed by atoms with Crippen LogP contribution in [-0.2, 0) is 0 Å². The SMILES string of the molecule is CCCCC1C(=C(C)C)CN1C. The first-order valence-electron chi connectivity index (χ1n) is 5.03. The quantitative estimate of drug-likeness (QED) is 0.584. The van der Waals surface area contributed by atoms with Gasteiger partial charge in [-0.1, -0.05) is 25.3 Å². The molecule has 0 aromatic rings. The molecular formula is C11H21N. The van der Waals surface area contributed by atoms with Crippen LogP contribution in [0, 0.1) is 0 Å². The minimum Gasteiger partial charge on any atom is -0.296 e. The van der Waals surface area contributed by atoms with Gasteiger partial charge in [0.25, 0.3) is 0 Å². The van der Waals surface area contributed by atoms with E-state index in [9.17, 15) is 0 Å². The molecule has 1 rings (SSSR count). The van der Waals surface area contributed by atoms with Gasteiger partial charge in [-0.15, -0.1) is 0 Å². The smallest absolute Gasteiger partial charge is 0.0323 e. The van der Waals surface area contributed by atoms with E-state index < -0.39 is 0 Å². The normalized spacial score (nSPS) is 24.0. The maximum absolute atomic E-state index is 2.46. The van der Waals surface area contributed by atoms with Gasteiger partial charge in [0, 0.05) is 12.6 Å². The molecule has 1 fully saturated rings. The fourth-order valence-corrected chi connectivity index (χ4v) is 1.92. The third-order valence-electron chi connectivity index (χ3n) is 2.83. The van der Waals surface area contributed by atoms with Crippen LogP contribution in [0.2, 0.25) is 0 Å². The number of likely N-dealkylation sites (tertiary alicyclic amines) is 1. The number of unbranched alkanes of at least 4 members (excludes halogenated alkanes) is 1. The molecule has 1 unspecified atom stereocenters. The first-order chi connectivity index (χ1) is 5.66. The summed E-state index contributed by atoms with van der Waals surface area (Å²) in [6, 6.07) is 0.773. The Kier molecular flexibility index (Phi) is 3.33. The van der Waals surface area contributed by atoms with Crippen LogP contribution in [0.1, 0.15) is 40.0 Å². The fraction of sp³-hybridized carbons (Fsp3) is 0.818. The average Bonchev–Trinajstić information content (AvgIpc) is 2.00. The minimum atomic E-state index is 0.773. The first-order valence-corrected chi connectivity index (χ1v) is 5.03. The summed E-state index contributed by atoms with van der Waals surface area (Å²) in [6.07, 6.45) is 4.04. The van der Waals surface area contributed by atoms with E-state index >= 15 is 0 Å². The van der Waals surface area contributed by atoms with Crippen LogP contribution in [0.15, 0.2) is 11.1 Å². The Morgan fingerprint density at radius 1 is 1.50 bits per heavy atom. The number of hydrogen-bond acceptors (Lipinski definition) is 1. The molecule has 1 nitrogen and oxygen atoms in total. The number of nitrogens with zero attached hydrogens (tertiary/aromatic N) is 1. The van der Waals surface area contributed by atoms with Crippen molar-refractivity contribution in [1.82, 2.24) is 4.90 Å². The van der Waals surface area contributed by atoms with Crippen molar-refractivity contribution in [2.75, 3.05) is 13.6 Å². The van der Waals surface area contributed by atoms with Crippen LogP contribution in [0.3, 0.4) is 0 Å². The lowest BCUT2D eigenvalue weighted by molar-refractivity contribution is 0.191. The lowest BCUT2D eigenvalue weighted by Crippen LogP contribution is -2.47. The molecule has 0 aliphatic carbocycles. The Balaban J connectivity index is 2.45. The highest BCUT2D eigenvalue weighted by Gasteiger charge is 2.29. The standard InChI is InChI=1S/C11H21N/c1-5-6-7-11-10(9(2)3)8-12(11)4/h11H,5-8H2,1-4H3. The summed E-state index contributed by atoms with van der Waals surface area (Å²) < 4.78 is 0. The van der Waals surface area contributed by atoms with Gasteiger partial charge in [-0.2, -0.15) is 0 Å². The molecule has 0 aromatic carbocycles. The van der Waals surface area contributed by atoms with Crippen molar-refractivity contribution in [3.05, 3.63) is 11.1 Å². The topological polar surface area (TPSA) is 3.24 Å². The van der Waals surface area contributed by atoms with Gasteiger partial charge in [0.2, 0.25) is 0 Å². The van der Waals surface area contributed by atoms with Crippen LogP contribution >= 0.6 is 0 Å². The van der Waals surface area contributed by atoms with Gasteiger partial charge in [0.05, 0.1) is 0 Å². The monoisotopic (exact) mass is 167 g/mol. The summed E-state index contributed by atoms with van der Waals surface area (Å²) in [5.74, 6) is 0. The predicted molar refractivity (Wildman–Crippen MR) is 54.3 cm³/mol. The van der Waals surface area contributed by atoms with E-state index in [0.717, 1.165) is 6.04 Å². The van der Waals surface area contributed by atoms with Gasteiger partial charge in [-0.25, -0.2) is 0 Å². The van der Waals surface area contributed by atoms with Crippen LogP contribution < -0.4 is 0 Å². The number of hydrogen-bond donors (Lipinski definition) is 0. The molecule has 0 N–H and O–H groups in total. The molecule has 1 aliphatic heterocycles. The molecule has 12 heavy (non-hydrogen) atoms. The van der Waals surface area contributed by atoms with Crippen molar-refractivity contribution >= 4 is 0 Å². The Bertz CT molecular complexity index is 177. The van der Waals surface area contributed by atoms with E-state index in [2.05, 4.69) is 32.7 Å². The molecule has 1 aliphatic rings. The Hall–Kier alpha value is -0.300. The zero-order chi connectivity index (χ0) is 9.14. The van der Waals surface area contributed by atoms with E-state index in [-0.39, 0.29) is 0 Å². The number of rotatable bonds is 3. The Morgan fingerprint density at radius 2 is 2.17 bits per heavy atom. The van der Waals surface area contributed by atoms with Gasteiger partial charge >= 0.3 is 0 Å². The third kappa shape index (κ3) is 1.89. The van der Waals surface area contributed by atoms with Gasteiger partial charge in [0.15, 0.2) is 0 Å². The molecule has 0 bridgehead atoms. The highest BCUT2D eigenvalue weighted by atomic mass is 15.2. The molecule has 0 spiro atoms.